The number of hydrogen-bond donors (Lipinski definition) is 2. The predicted octanol–water partition coefficient (Wildman–Crippen LogP) is 1.82. The van der Waals surface area contributed by atoms with Gasteiger partial charge in [0.25, 0.3) is 0 Å². The molecule has 2 N–H and O–H groups in total. The zero-order valence-electron chi connectivity index (χ0n) is 9.83. The van der Waals surface area contributed by atoms with E-state index in [4.69, 9.17) is 11.6 Å². The summed E-state index contributed by atoms with van der Waals surface area (Å²) in [4.78, 5) is 23.2. The van der Waals surface area contributed by atoms with E-state index in [9.17, 15) is 9.59 Å². The van der Waals surface area contributed by atoms with Gasteiger partial charge < -0.3 is 10.6 Å². The van der Waals surface area contributed by atoms with Gasteiger partial charge in [0.2, 0.25) is 11.8 Å². The first-order chi connectivity index (χ1) is 8.56. The lowest BCUT2D eigenvalue weighted by atomic mass is 10.2. The van der Waals surface area contributed by atoms with Crippen molar-refractivity contribution < 1.29 is 9.59 Å². The Morgan fingerprint density at radius 2 is 2.33 bits per heavy atom. The average molecular weight is 285 g/mol. The zero-order valence-corrected chi connectivity index (χ0v) is 11.4. The van der Waals surface area contributed by atoms with Crippen LogP contribution in [-0.4, -0.2) is 29.4 Å². The van der Waals surface area contributed by atoms with Crippen LogP contribution in [-0.2, 0) is 9.59 Å². The number of carbonyl (C=O) groups is 2. The van der Waals surface area contributed by atoms with E-state index in [1.807, 2.05) is 6.92 Å². The largest absolute Gasteiger partial charge is 0.343 e. The second kappa shape index (κ2) is 5.63. The molecule has 1 atom stereocenters. The molecule has 1 saturated heterocycles. The van der Waals surface area contributed by atoms with Gasteiger partial charge in [-0.1, -0.05) is 11.6 Å². The number of halogens is 1. The van der Waals surface area contributed by atoms with E-state index in [2.05, 4.69) is 10.6 Å². The molecule has 1 aliphatic rings. The van der Waals surface area contributed by atoms with Crippen molar-refractivity contribution in [2.45, 2.75) is 13.0 Å². The average Bonchev–Trinajstić information content (AvgIpc) is 2.32. The Kier molecular flexibility index (Phi) is 4.14. The topological polar surface area (TPSA) is 58.2 Å². The van der Waals surface area contributed by atoms with Gasteiger partial charge in [-0.15, -0.1) is 11.8 Å². The van der Waals surface area contributed by atoms with Crippen LogP contribution in [0.1, 0.15) is 5.56 Å². The van der Waals surface area contributed by atoms with Gasteiger partial charge in [-0.05, 0) is 30.7 Å². The third-order valence-corrected chi connectivity index (χ3v) is 3.89. The van der Waals surface area contributed by atoms with Gasteiger partial charge in [0.05, 0.1) is 5.75 Å². The van der Waals surface area contributed by atoms with E-state index in [-0.39, 0.29) is 11.8 Å². The third-order valence-electron chi connectivity index (χ3n) is 2.62. The number of carbonyl (C=O) groups excluding carboxylic acids is 2. The smallest absolute Gasteiger partial charge is 0.247 e. The second-order valence-corrected chi connectivity index (χ2v) is 5.55. The lowest BCUT2D eigenvalue weighted by Crippen LogP contribution is -2.49. The SMILES string of the molecule is Cc1cc(Cl)ccc1NC(=O)C1CSCC(=O)N1. The van der Waals surface area contributed by atoms with Crippen LogP contribution in [0.15, 0.2) is 18.2 Å². The Labute approximate surface area is 114 Å². The molecule has 1 aliphatic heterocycles. The van der Waals surface area contributed by atoms with Crippen molar-refractivity contribution in [2.75, 3.05) is 16.8 Å². The first-order valence-corrected chi connectivity index (χ1v) is 7.03. The number of hydrogen-bond acceptors (Lipinski definition) is 3. The fraction of sp³-hybridized carbons (Fsp3) is 0.333. The Morgan fingerprint density at radius 3 is 3.00 bits per heavy atom. The minimum atomic E-state index is -0.466. The van der Waals surface area contributed by atoms with E-state index in [1.165, 1.54) is 11.8 Å². The molecule has 96 valence electrons. The predicted molar refractivity (Wildman–Crippen MR) is 74.1 cm³/mol. The molecule has 0 bridgehead atoms. The molecule has 1 fully saturated rings. The van der Waals surface area contributed by atoms with E-state index < -0.39 is 6.04 Å². The van der Waals surface area contributed by atoms with Crippen molar-refractivity contribution in [1.29, 1.82) is 0 Å². The van der Waals surface area contributed by atoms with Gasteiger partial charge in [0.15, 0.2) is 0 Å². The minimum Gasteiger partial charge on any atom is -0.343 e. The lowest BCUT2D eigenvalue weighted by molar-refractivity contribution is -0.124. The van der Waals surface area contributed by atoms with Gasteiger partial charge in [-0.2, -0.15) is 0 Å². The Morgan fingerprint density at radius 1 is 1.56 bits per heavy atom. The number of thioether (sulfide) groups is 1. The first-order valence-electron chi connectivity index (χ1n) is 5.50. The highest BCUT2D eigenvalue weighted by molar-refractivity contribution is 8.00. The second-order valence-electron chi connectivity index (χ2n) is 4.08. The van der Waals surface area contributed by atoms with Crippen LogP contribution in [0.3, 0.4) is 0 Å². The van der Waals surface area contributed by atoms with Crippen molar-refractivity contribution in [3.8, 4) is 0 Å². The Bertz CT molecular complexity index is 493. The number of anilines is 1. The monoisotopic (exact) mass is 284 g/mol. The quantitative estimate of drug-likeness (QED) is 0.871. The lowest BCUT2D eigenvalue weighted by Gasteiger charge is -2.22. The molecule has 0 spiro atoms. The van der Waals surface area contributed by atoms with Crippen LogP contribution in [0.25, 0.3) is 0 Å². The highest BCUT2D eigenvalue weighted by Gasteiger charge is 2.25. The summed E-state index contributed by atoms with van der Waals surface area (Å²) in [5.41, 5.74) is 1.61. The molecule has 2 amide bonds. The molecule has 18 heavy (non-hydrogen) atoms. The Hall–Kier alpha value is -1.20. The van der Waals surface area contributed by atoms with Crippen LogP contribution < -0.4 is 10.6 Å². The maximum absolute atomic E-state index is 12.0. The van der Waals surface area contributed by atoms with Crippen molar-refractivity contribution in [3.63, 3.8) is 0 Å². The van der Waals surface area contributed by atoms with Crippen LogP contribution >= 0.6 is 23.4 Å². The summed E-state index contributed by atoms with van der Waals surface area (Å²) in [5, 5.41) is 6.10. The molecule has 1 aromatic rings. The van der Waals surface area contributed by atoms with Crippen molar-refractivity contribution in [3.05, 3.63) is 28.8 Å². The molecular weight excluding hydrogens is 272 g/mol. The number of benzene rings is 1. The molecule has 0 saturated carbocycles. The minimum absolute atomic E-state index is 0.0979. The molecule has 1 heterocycles. The maximum atomic E-state index is 12.0. The summed E-state index contributed by atoms with van der Waals surface area (Å²) in [6, 6.07) is 4.79. The summed E-state index contributed by atoms with van der Waals surface area (Å²) in [7, 11) is 0. The van der Waals surface area contributed by atoms with E-state index in [0.29, 0.717) is 22.2 Å². The van der Waals surface area contributed by atoms with Gasteiger partial charge in [-0.25, -0.2) is 0 Å². The third kappa shape index (κ3) is 3.17. The number of amides is 2. The molecule has 1 aromatic carbocycles. The molecule has 0 radical (unpaired) electrons. The number of nitrogens with one attached hydrogen (secondary N) is 2. The van der Waals surface area contributed by atoms with E-state index >= 15 is 0 Å². The maximum Gasteiger partial charge on any atom is 0.247 e. The van der Waals surface area contributed by atoms with Crippen LogP contribution in [0.5, 0.6) is 0 Å². The summed E-state index contributed by atoms with van der Waals surface area (Å²) in [6.45, 7) is 1.87. The van der Waals surface area contributed by atoms with Crippen molar-refractivity contribution in [2.24, 2.45) is 0 Å². The van der Waals surface area contributed by atoms with Crippen molar-refractivity contribution >= 4 is 40.9 Å². The van der Waals surface area contributed by atoms with E-state index in [1.54, 1.807) is 18.2 Å². The van der Waals surface area contributed by atoms with Gasteiger partial charge >= 0.3 is 0 Å². The molecule has 0 aromatic heterocycles. The highest BCUT2D eigenvalue weighted by Crippen LogP contribution is 2.20. The van der Waals surface area contributed by atoms with Gasteiger partial charge in [-0.3, -0.25) is 9.59 Å². The summed E-state index contributed by atoms with van der Waals surface area (Å²) in [5.74, 6) is 0.730. The first kappa shape index (κ1) is 13.2. The van der Waals surface area contributed by atoms with Crippen LogP contribution in [0.2, 0.25) is 5.02 Å². The zero-order chi connectivity index (χ0) is 13.1. The molecular formula is C12H13ClN2O2S. The molecule has 1 unspecified atom stereocenters. The summed E-state index contributed by atoms with van der Waals surface area (Å²) in [6.07, 6.45) is 0. The summed E-state index contributed by atoms with van der Waals surface area (Å²) >= 11 is 7.31. The summed E-state index contributed by atoms with van der Waals surface area (Å²) < 4.78 is 0. The number of rotatable bonds is 2. The molecule has 0 aliphatic carbocycles. The van der Waals surface area contributed by atoms with E-state index in [0.717, 1.165) is 5.56 Å². The van der Waals surface area contributed by atoms with Crippen LogP contribution in [0.4, 0.5) is 5.69 Å². The van der Waals surface area contributed by atoms with Gasteiger partial charge in [0, 0.05) is 16.5 Å². The highest BCUT2D eigenvalue weighted by atomic mass is 35.5. The molecule has 4 nitrogen and oxygen atoms in total. The van der Waals surface area contributed by atoms with Crippen molar-refractivity contribution in [1.82, 2.24) is 5.32 Å². The fourth-order valence-electron chi connectivity index (χ4n) is 1.68. The Balaban J connectivity index is 2.04. The fourth-order valence-corrected chi connectivity index (χ4v) is 2.76. The molecule has 2 rings (SSSR count). The number of aryl methyl sites for hydroxylation is 1. The van der Waals surface area contributed by atoms with Gasteiger partial charge in [0.1, 0.15) is 6.04 Å². The molecule has 6 heteroatoms. The standard InChI is InChI=1S/C12H13ClN2O2S/c1-7-4-8(13)2-3-9(7)15-12(17)10-5-18-6-11(16)14-10/h2-4,10H,5-6H2,1H3,(H,14,16)(H,15,17). The normalized spacial score (nSPS) is 19.2. The van der Waals surface area contributed by atoms with Crippen LogP contribution in [0, 0.1) is 6.92 Å².